The van der Waals surface area contributed by atoms with Gasteiger partial charge in [0.1, 0.15) is 5.82 Å². The highest BCUT2D eigenvalue weighted by Crippen LogP contribution is 2.37. The Labute approximate surface area is 146 Å². The third kappa shape index (κ3) is 3.36. The molecule has 6 heteroatoms. The number of halogens is 1. The second-order valence-electron chi connectivity index (χ2n) is 6.22. The molecule has 0 amide bonds. The zero-order chi connectivity index (χ0) is 17.5. The molecule has 0 bridgehead atoms. The van der Waals surface area contributed by atoms with Crippen LogP contribution in [0.25, 0.3) is 0 Å². The van der Waals surface area contributed by atoms with E-state index in [-0.39, 0.29) is 5.82 Å². The summed E-state index contributed by atoms with van der Waals surface area (Å²) < 4.78 is 42.3. The quantitative estimate of drug-likeness (QED) is 0.884. The number of fused-ring (bicyclic) bond motifs is 1. The molecule has 3 rings (SSSR count). The van der Waals surface area contributed by atoms with Crippen LogP contribution in [0.4, 0.5) is 4.39 Å². The molecule has 1 unspecified atom stereocenters. The van der Waals surface area contributed by atoms with Crippen molar-refractivity contribution in [3.8, 4) is 0 Å². The minimum atomic E-state index is -3.68. The minimum absolute atomic E-state index is 0.323. The Morgan fingerprint density at radius 2 is 1.79 bits per heavy atom. The molecule has 0 fully saturated rings. The van der Waals surface area contributed by atoms with Crippen LogP contribution >= 0.6 is 11.8 Å². The molecule has 0 saturated heterocycles. The van der Waals surface area contributed by atoms with Gasteiger partial charge >= 0.3 is 0 Å². The summed E-state index contributed by atoms with van der Waals surface area (Å²) in [6.45, 7) is 5.55. The summed E-state index contributed by atoms with van der Waals surface area (Å²) in [4.78, 5) is 1.26. The van der Waals surface area contributed by atoms with Gasteiger partial charge in [-0.25, -0.2) is 17.5 Å². The highest BCUT2D eigenvalue weighted by molar-refractivity contribution is 7.99. The fraction of sp³-hybridized carbons (Fsp3) is 0.333. The second-order valence-corrected chi connectivity index (χ2v) is 9.01. The SMILES string of the molecule is Cc1cc(C)c(S(=O)(=O)NC2CCSc3ccc(F)cc32)c(C)c1. The van der Waals surface area contributed by atoms with Gasteiger partial charge in [-0.1, -0.05) is 17.7 Å². The molecule has 128 valence electrons. The number of aryl methyl sites for hydroxylation is 3. The molecule has 0 aromatic heterocycles. The van der Waals surface area contributed by atoms with Crippen molar-refractivity contribution < 1.29 is 12.8 Å². The predicted octanol–water partition coefficient (Wildman–Crippen LogP) is 4.27. The van der Waals surface area contributed by atoms with Crippen molar-refractivity contribution >= 4 is 21.8 Å². The third-order valence-electron chi connectivity index (χ3n) is 4.18. The highest BCUT2D eigenvalue weighted by Gasteiger charge is 2.28. The van der Waals surface area contributed by atoms with Gasteiger partial charge in [0.05, 0.1) is 4.90 Å². The molecule has 0 radical (unpaired) electrons. The van der Waals surface area contributed by atoms with E-state index in [1.807, 2.05) is 19.1 Å². The zero-order valence-corrected chi connectivity index (χ0v) is 15.5. The van der Waals surface area contributed by atoms with Gasteiger partial charge in [0.2, 0.25) is 10.0 Å². The van der Waals surface area contributed by atoms with Gasteiger partial charge in [0, 0.05) is 10.9 Å². The van der Waals surface area contributed by atoms with Crippen molar-refractivity contribution in [2.24, 2.45) is 0 Å². The van der Waals surface area contributed by atoms with E-state index in [1.165, 1.54) is 12.1 Å². The van der Waals surface area contributed by atoms with Crippen molar-refractivity contribution in [3.63, 3.8) is 0 Å². The third-order valence-corrected chi connectivity index (χ3v) is 7.08. The van der Waals surface area contributed by atoms with Crippen molar-refractivity contribution in [2.45, 2.75) is 43.0 Å². The van der Waals surface area contributed by atoms with Crippen LogP contribution in [0.3, 0.4) is 0 Å². The molecule has 24 heavy (non-hydrogen) atoms. The molecule has 1 aliphatic rings. The second kappa shape index (κ2) is 6.50. The van der Waals surface area contributed by atoms with Crippen LogP contribution in [0.15, 0.2) is 40.1 Å². The van der Waals surface area contributed by atoms with Crippen LogP contribution < -0.4 is 4.72 Å². The van der Waals surface area contributed by atoms with Crippen LogP contribution in [-0.4, -0.2) is 14.2 Å². The van der Waals surface area contributed by atoms with Crippen LogP contribution in [0.2, 0.25) is 0 Å². The molecule has 1 aliphatic heterocycles. The topological polar surface area (TPSA) is 46.2 Å². The first kappa shape index (κ1) is 17.5. The normalized spacial score (nSPS) is 17.6. The molecule has 0 aliphatic carbocycles. The van der Waals surface area contributed by atoms with E-state index < -0.39 is 16.1 Å². The Hall–Kier alpha value is -1.37. The van der Waals surface area contributed by atoms with Gasteiger partial charge < -0.3 is 0 Å². The van der Waals surface area contributed by atoms with E-state index in [4.69, 9.17) is 0 Å². The lowest BCUT2D eigenvalue weighted by molar-refractivity contribution is 0.540. The largest absolute Gasteiger partial charge is 0.241 e. The van der Waals surface area contributed by atoms with Crippen LogP contribution in [-0.2, 0) is 10.0 Å². The van der Waals surface area contributed by atoms with Crippen molar-refractivity contribution in [1.29, 1.82) is 0 Å². The lowest BCUT2D eigenvalue weighted by Crippen LogP contribution is -2.31. The van der Waals surface area contributed by atoms with Gasteiger partial charge in [0.25, 0.3) is 0 Å². The van der Waals surface area contributed by atoms with E-state index in [0.717, 1.165) is 32.9 Å². The summed E-state index contributed by atoms with van der Waals surface area (Å²) in [5, 5.41) is 0. The number of nitrogens with one attached hydrogen (secondary N) is 1. The van der Waals surface area contributed by atoms with E-state index in [2.05, 4.69) is 4.72 Å². The number of thioether (sulfide) groups is 1. The number of sulfonamides is 1. The number of rotatable bonds is 3. The Bertz CT molecular complexity index is 871. The Morgan fingerprint density at radius 3 is 2.46 bits per heavy atom. The average Bonchev–Trinajstić information content (AvgIpc) is 2.46. The summed E-state index contributed by atoms with van der Waals surface area (Å²) in [5.41, 5.74) is 3.21. The molecule has 1 N–H and O–H groups in total. The van der Waals surface area contributed by atoms with Crippen molar-refractivity contribution in [3.05, 3.63) is 58.4 Å². The lowest BCUT2D eigenvalue weighted by atomic mass is 10.0. The summed E-state index contributed by atoms with van der Waals surface area (Å²) >= 11 is 1.63. The van der Waals surface area contributed by atoms with Crippen molar-refractivity contribution in [2.75, 3.05) is 5.75 Å². The number of benzene rings is 2. The van der Waals surface area contributed by atoms with Crippen LogP contribution in [0.1, 0.15) is 34.7 Å². The maximum absolute atomic E-state index is 13.6. The molecule has 0 saturated carbocycles. The summed E-state index contributed by atoms with van der Waals surface area (Å²) in [6, 6.07) is 7.90. The first-order chi connectivity index (χ1) is 11.3. The predicted molar refractivity (Wildman–Crippen MR) is 95.5 cm³/mol. The van der Waals surface area contributed by atoms with E-state index in [9.17, 15) is 12.8 Å². The number of hydrogen-bond donors (Lipinski definition) is 1. The molecular weight excluding hydrogens is 345 g/mol. The van der Waals surface area contributed by atoms with Gasteiger partial charge in [-0.2, -0.15) is 0 Å². The average molecular weight is 365 g/mol. The molecule has 3 nitrogen and oxygen atoms in total. The smallest absolute Gasteiger partial charge is 0.207 e. The van der Waals surface area contributed by atoms with E-state index in [0.29, 0.717) is 11.3 Å². The fourth-order valence-corrected chi connectivity index (χ4v) is 6.13. The van der Waals surface area contributed by atoms with Gasteiger partial charge in [-0.3, -0.25) is 0 Å². The molecule has 1 atom stereocenters. The highest BCUT2D eigenvalue weighted by atomic mass is 32.2. The first-order valence-corrected chi connectivity index (χ1v) is 10.3. The minimum Gasteiger partial charge on any atom is -0.207 e. The monoisotopic (exact) mass is 365 g/mol. The van der Waals surface area contributed by atoms with Crippen LogP contribution in [0, 0.1) is 26.6 Å². The lowest BCUT2D eigenvalue weighted by Gasteiger charge is -2.26. The number of hydrogen-bond acceptors (Lipinski definition) is 3. The van der Waals surface area contributed by atoms with E-state index in [1.54, 1.807) is 31.7 Å². The first-order valence-electron chi connectivity index (χ1n) is 7.80. The van der Waals surface area contributed by atoms with Gasteiger partial charge in [-0.15, -0.1) is 11.8 Å². The summed E-state index contributed by atoms with van der Waals surface area (Å²) in [6.07, 6.45) is 0.643. The van der Waals surface area contributed by atoms with Crippen LogP contribution in [0.5, 0.6) is 0 Å². The van der Waals surface area contributed by atoms with Crippen molar-refractivity contribution in [1.82, 2.24) is 4.72 Å². The zero-order valence-electron chi connectivity index (χ0n) is 13.9. The molecule has 1 heterocycles. The summed E-state index contributed by atoms with van der Waals surface area (Å²) in [7, 11) is -3.68. The Morgan fingerprint density at radius 1 is 1.12 bits per heavy atom. The summed E-state index contributed by atoms with van der Waals surface area (Å²) in [5.74, 6) is 0.459. The maximum atomic E-state index is 13.6. The maximum Gasteiger partial charge on any atom is 0.241 e. The molecule has 2 aromatic rings. The molecule has 0 spiro atoms. The van der Waals surface area contributed by atoms with Gasteiger partial charge in [-0.05, 0) is 67.8 Å². The van der Waals surface area contributed by atoms with E-state index >= 15 is 0 Å². The van der Waals surface area contributed by atoms with Gasteiger partial charge in [0.15, 0.2) is 0 Å². The Kier molecular flexibility index (Phi) is 4.73. The Balaban J connectivity index is 1.99. The molecule has 2 aromatic carbocycles. The fourth-order valence-electron chi connectivity index (χ4n) is 3.32. The molecular formula is C18H20FNO2S2. The standard InChI is InChI=1S/C18H20FNO2S2/c1-11-8-12(2)18(13(3)9-11)24(21,22)20-16-6-7-23-17-5-4-14(19)10-15(16)17/h4-5,8-10,16,20H,6-7H2,1-3H3.